The van der Waals surface area contributed by atoms with E-state index in [9.17, 15) is 4.79 Å². The standard InChI is InChI=1S/C10H16N2O2S/c1-4-8(7(3)13)10-11-9(12-14-10)6-15-5-2/h8H,4-6H2,1-3H3. The third-order valence-electron chi connectivity index (χ3n) is 2.12. The van der Waals surface area contributed by atoms with Crippen molar-refractivity contribution in [1.29, 1.82) is 0 Å². The summed E-state index contributed by atoms with van der Waals surface area (Å²) >= 11 is 1.73. The van der Waals surface area contributed by atoms with E-state index in [0.29, 0.717) is 18.1 Å². The molecule has 0 aliphatic rings. The molecule has 15 heavy (non-hydrogen) atoms. The predicted octanol–water partition coefficient (Wildman–Crippen LogP) is 2.41. The van der Waals surface area contributed by atoms with Gasteiger partial charge >= 0.3 is 0 Å². The largest absolute Gasteiger partial charge is 0.339 e. The van der Waals surface area contributed by atoms with Gasteiger partial charge in [0.25, 0.3) is 0 Å². The van der Waals surface area contributed by atoms with Gasteiger partial charge in [0.15, 0.2) is 5.82 Å². The van der Waals surface area contributed by atoms with Gasteiger partial charge in [0, 0.05) is 0 Å². The van der Waals surface area contributed by atoms with E-state index in [1.54, 1.807) is 18.7 Å². The van der Waals surface area contributed by atoms with Crippen LogP contribution in [0, 0.1) is 0 Å². The lowest BCUT2D eigenvalue weighted by atomic mass is 10.0. The molecule has 4 nitrogen and oxygen atoms in total. The van der Waals surface area contributed by atoms with Crippen molar-refractivity contribution < 1.29 is 9.32 Å². The fraction of sp³-hybridized carbons (Fsp3) is 0.700. The number of thioether (sulfide) groups is 1. The van der Waals surface area contributed by atoms with Crippen molar-refractivity contribution in [1.82, 2.24) is 10.1 Å². The third kappa shape index (κ3) is 3.34. The molecule has 0 saturated carbocycles. The fourth-order valence-electron chi connectivity index (χ4n) is 1.30. The van der Waals surface area contributed by atoms with E-state index in [-0.39, 0.29) is 11.7 Å². The first-order chi connectivity index (χ1) is 7.19. The maximum atomic E-state index is 11.3. The normalized spacial score (nSPS) is 12.7. The van der Waals surface area contributed by atoms with Crippen molar-refractivity contribution in [3.05, 3.63) is 11.7 Å². The van der Waals surface area contributed by atoms with Gasteiger partial charge in [-0.25, -0.2) is 0 Å². The molecule has 0 N–H and O–H groups in total. The molecule has 0 radical (unpaired) electrons. The molecule has 1 heterocycles. The van der Waals surface area contributed by atoms with Crippen molar-refractivity contribution in [3.63, 3.8) is 0 Å². The monoisotopic (exact) mass is 228 g/mol. The van der Waals surface area contributed by atoms with Gasteiger partial charge in [0.1, 0.15) is 5.78 Å². The smallest absolute Gasteiger partial charge is 0.237 e. The lowest BCUT2D eigenvalue weighted by molar-refractivity contribution is -0.119. The molecule has 0 saturated heterocycles. The van der Waals surface area contributed by atoms with Gasteiger partial charge in [-0.05, 0) is 19.1 Å². The second kappa shape index (κ2) is 5.90. The molecular formula is C10H16N2O2S. The predicted molar refractivity (Wildman–Crippen MR) is 59.8 cm³/mol. The number of carbonyl (C=O) groups excluding carboxylic acids is 1. The lowest BCUT2D eigenvalue weighted by Crippen LogP contribution is -2.07. The summed E-state index contributed by atoms with van der Waals surface area (Å²) in [6.07, 6.45) is 0.706. The minimum absolute atomic E-state index is 0.0795. The van der Waals surface area contributed by atoms with Gasteiger partial charge < -0.3 is 4.52 Å². The first-order valence-electron chi connectivity index (χ1n) is 5.09. The van der Waals surface area contributed by atoms with Crippen LogP contribution in [-0.2, 0) is 10.5 Å². The minimum Gasteiger partial charge on any atom is -0.339 e. The number of carbonyl (C=O) groups is 1. The summed E-state index contributed by atoms with van der Waals surface area (Å²) in [5, 5.41) is 3.85. The van der Waals surface area contributed by atoms with E-state index in [4.69, 9.17) is 4.52 Å². The number of Topliss-reactive ketones (excluding diaryl/α,β-unsaturated/α-hetero) is 1. The van der Waals surface area contributed by atoms with Crippen LogP contribution in [0.25, 0.3) is 0 Å². The van der Waals surface area contributed by atoms with Crippen LogP contribution in [0.2, 0.25) is 0 Å². The maximum absolute atomic E-state index is 11.3. The Labute approximate surface area is 93.8 Å². The Hall–Kier alpha value is -0.840. The molecule has 0 aromatic carbocycles. The molecule has 1 atom stereocenters. The topological polar surface area (TPSA) is 56.0 Å². The molecule has 0 amide bonds. The summed E-state index contributed by atoms with van der Waals surface area (Å²) < 4.78 is 5.08. The summed E-state index contributed by atoms with van der Waals surface area (Å²) in [7, 11) is 0. The van der Waals surface area contributed by atoms with Crippen LogP contribution in [0.4, 0.5) is 0 Å². The second-order valence-electron chi connectivity index (χ2n) is 3.26. The van der Waals surface area contributed by atoms with Crippen LogP contribution in [0.15, 0.2) is 4.52 Å². The summed E-state index contributed by atoms with van der Waals surface area (Å²) in [4.78, 5) is 15.5. The molecule has 0 spiro atoms. The lowest BCUT2D eigenvalue weighted by Gasteiger charge is -2.03. The van der Waals surface area contributed by atoms with E-state index in [1.165, 1.54) is 0 Å². The van der Waals surface area contributed by atoms with Gasteiger partial charge in [0.2, 0.25) is 5.89 Å². The van der Waals surface area contributed by atoms with Crippen molar-refractivity contribution in [3.8, 4) is 0 Å². The van der Waals surface area contributed by atoms with Crippen LogP contribution in [-0.4, -0.2) is 21.7 Å². The Morgan fingerprint density at radius 1 is 1.53 bits per heavy atom. The first-order valence-corrected chi connectivity index (χ1v) is 6.25. The van der Waals surface area contributed by atoms with Crippen LogP contribution in [0.5, 0.6) is 0 Å². The van der Waals surface area contributed by atoms with Gasteiger partial charge in [-0.1, -0.05) is 19.0 Å². The Bertz CT molecular complexity index is 325. The molecular weight excluding hydrogens is 212 g/mol. The molecule has 0 fully saturated rings. The average molecular weight is 228 g/mol. The zero-order valence-corrected chi connectivity index (χ0v) is 10.1. The van der Waals surface area contributed by atoms with Gasteiger partial charge in [-0.15, -0.1) is 0 Å². The number of hydrogen-bond acceptors (Lipinski definition) is 5. The van der Waals surface area contributed by atoms with Crippen molar-refractivity contribution in [2.45, 2.75) is 38.9 Å². The summed E-state index contributed by atoms with van der Waals surface area (Å²) in [6.45, 7) is 5.58. The fourth-order valence-corrected chi connectivity index (χ4v) is 1.80. The molecule has 0 bridgehead atoms. The van der Waals surface area contributed by atoms with Crippen molar-refractivity contribution >= 4 is 17.5 Å². The summed E-state index contributed by atoms with van der Waals surface area (Å²) in [5.41, 5.74) is 0. The third-order valence-corrected chi connectivity index (χ3v) is 2.99. The SMILES string of the molecule is CCSCc1noc(C(CC)C(C)=O)n1. The molecule has 84 valence electrons. The molecule has 1 unspecified atom stereocenters. The zero-order valence-electron chi connectivity index (χ0n) is 9.32. The zero-order chi connectivity index (χ0) is 11.3. The van der Waals surface area contributed by atoms with Crippen LogP contribution >= 0.6 is 11.8 Å². The van der Waals surface area contributed by atoms with E-state index in [0.717, 1.165) is 11.5 Å². The molecule has 5 heteroatoms. The molecule has 1 aromatic heterocycles. The highest BCUT2D eigenvalue weighted by Gasteiger charge is 2.21. The molecule has 1 rings (SSSR count). The average Bonchev–Trinajstić information content (AvgIpc) is 2.64. The van der Waals surface area contributed by atoms with E-state index >= 15 is 0 Å². The van der Waals surface area contributed by atoms with E-state index in [1.807, 2.05) is 6.92 Å². The number of ketones is 1. The molecule has 0 aliphatic heterocycles. The first kappa shape index (κ1) is 12.2. The Morgan fingerprint density at radius 3 is 2.80 bits per heavy atom. The quantitative estimate of drug-likeness (QED) is 0.748. The summed E-state index contributed by atoms with van der Waals surface area (Å²) in [6, 6.07) is 0. The van der Waals surface area contributed by atoms with Crippen LogP contribution in [0.3, 0.4) is 0 Å². The van der Waals surface area contributed by atoms with Gasteiger partial charge in [-0.2, -0.15) is 16.7 Å². The van der Waals surface area contributed by atoms with Gasteiger partial charge in [0.05, 0.1) is 11.7 Å². The highest BCUT2D eigenvalue weighted by atomic mass is 32.2. The number of hydrogen-bond donors (Lipinski definition) is 0. The van der Waals surface area contributed by atoms with Crippen LogP contribution < -0.4 is 0 Å². The number of nitrogens with zero attached hydrogens (tertiary/aromatic N) is 2. The minimum atomic E-state index is -0.238. The number of aromatic nitrogens is 2. The number of rotatable bonds is 6. The Balaban J connectivity index is 2.69. The summed E-state index contributed by atoms with van der Waals surface area (Å²) in [5.74, 6) is 2.74. The molecule has 0 aliphatic carbocycles. The highest BCUT2D eigenvalue weighted by Crippen LogP contribution is 2.19. The van der Waals surface area contributed by atoms with Crippen LogP contribution in [0.1, 0.15) is 44.8 Å². The highest BCUT2D eigenvalue weighted by molar-refractivity contribution is 7.98. The maximum Gasteiger partial charge on any atom is 0.237 e. The van der Waals surface area contributed by atoms with Crippen molar-refractivity contribution in [2.75, 3.05) is 5.75 Å². The van der Waals surface area contributed by atoms with Gasteiger partial charge in [-0.3, -0.25) is 4.79 Å². The Morgan fingerprint density at radius 2 is 2.27 bits per heavy atom. The van der Waals surface area contributed by atoms with E-state index < -0.39 is 0 Å². The molecule has 1 aromatic rings. The van der Waals surface area contributed by atoms with Crippen molar-refractivity contribution in [2.24, 2.45) is 0 Å². The second-order valence-corrected chi connectivity index (χ2v) is 4.53. The Kier molecular flexibility index (Phi) is 4.81. The van der Waals surface area contributed by atoms with E-state index in [2.05, 4.69) is 17.1 Å².